The normalized spacial score (nSPS) is 12.8. The average molecular weight is 993 g/mol. The van der Waals surface area contributed by atoms with Gasteiger partial charge in [0.15, 0.2) is 0 Å². The zero-order chi connectivity index (χ0) is 49.8. The van der Waals surface area contributed by atoms with Crippen molar-refractivity contribution in [1.29, 1.82) is 0 Å². The summed E-state index contributed by atoms with van der Waals surface area (Å²) < 4.78 is 5.15. The molecule has 4 heteroatoms. The zero-order valence-corrected chi connectivity index (χ0v) is 43.1. The molecule has 0 radical (unpaired) electrons. The Morgan fingerprint density at radius 2 is 0.827 bits per heavy atom. The Labute approximate surface area is 444 Å². The van der Waals surface area contributed by atoms with E-state index in [0.29, 0.717) is 0 Å². The molecule has 0 atom stereocenters. The molecule has 1 aliphatic rings. The molecule has 0 aliphatic heterocycles. The first-order chi connectivity index (χ1) is 37.0. The first-order valence-corrected chi connectivity index (χ1v) is 27.5. The Bertz CT molecular complexity index is 4570. The van der Waals surface area contributed by atoms with E-state index in [1.54, 1.807) is 0 Å². The molecule has 1 aliphatic carbocycles. The summed E-state index contributed by atoms with van der Waals surface area (Å²) in [6, 6.07) is 94.7. The van der Waals surface area contributed by atoms with E-state index in [1.807, 2.05) is 22.7 Å². The molecule has 0 saturated heterocycles. The van der Waals surface area contributed by atoms with Crippen molar-refractivity contribution in [3.63, 3.8) is 0 Å². The number of para-hydroxylation sites is 2. The molecule has 354 valence electrons. The van der Waals surface area contributed by atoms with Crippen LogP contribution in [0.2, 0.25) is 0 Å². The van der Waals surface area contributed by atoms with Crippen LogP contribution in [0.1, 0.15) is 25.0 Å². The van der Waals surface area contributed by atoms with E-state index in [4.69, 9.17) is 0 Å². The van der Waals surface area contributed by atoms with E-state index in [9.17, 15) is 0 Å². The quantitative estimate of drug-likeness (QED) is 0.140. The summed E-state index contributed by atoms with van der Waals surface area (Å²) in [5, 5.41) is 10.2. The molecule has 2 heterocycles. The van der Waals surface area contributed by atoms with E-state index in [1.165, 1.54) is 118 Å². The molecule has 15 rings (SSSR count). The first-order valence-electron chi connectivity index (χ1n) is 25.8. The third-order valence-corrected chi connectivity index (χ3v) is 18.2. The van der Waals surface area contributed by atoms with Crippen LogP contribution in [0.5, 0.6) is 0 Å². The minimum Gasteiger partial charge on any atom is -0.309 e. The maximum Gasteiger partial charge on any atom is 0.0640 e. The van der Waals surface area contributed by atoms with Gasteiger partial charge in [-0.25, -0.2) is 0 Å². The van der Waals surface area contributed by atoms with Crippen LogP contribution in [0.4, 0.5) is 34.1 Å². The number of hydrogen-bond donors (Lipinski definition) is 0. The lowest BCUT2D eigenvalue weighted by atomic mass is 9.66. The van der Waals surface area contributed by atoms with Gasteiger partial charge in [-0.3, -0.25) is 0 Å². The molecule has 75 heavy (non-hydrogen) atoms. The largest absolute Gasteiger partial charge is 0.309 e. The predicted molar refractivity (Wildman–Crippen MR) is 325 cm³/mol. The fourth-order valence-electron chi connectivity index (χ4n) is 12.4. The van der Waals surface area contributed by atoms with Crippen LogP contribution in [-0.4, -0.2) is 0 Å². The third kappa shape index (κ3) is 6.77. The number of nitrogens with zero attached hydrogens (tertiary/aromatic N) is 2. The summed E-state index contributed by atoms with van der Waals surface area (Å²) in [5.41, 5.74) is 16.6. The topological polar surface area (TPSA) is 6.48 Å². The zero-order valence-electron chi connectivity index (χ0n) is 41.5. The number of benzene rings is 12. The molecule has 0 N–H and O–H groups in total. The lowest BCUT2D eigenvalue weighted by molar-refractivity contribution is 0.645. The summed E-state index contributed by atoms with van der Waals surface area (Å²) in [7, 11) is 0. The lowest BCUT2D eigenvalue weighted by Gasteiger charge is -2.38. The van der Waals surface area contributed by atoms with Crippen molar-refractivity contribution in [2.24, 2.45) is 0 Å². The molecule has 2 aromatic heterocycles. The van der Waals surface area contributed by atoms with Crippen molar-refractivity contribution in [2.75, 3.05) is 9.80 Å². The Hall–Kier alpha value is -8.80. The summed E-state index contributed by atoms with van der Waals surface area (Å²) >= 11 is 3.76. The Morgan fingerprint density at radius 3 is 1.52 bits per heavy atom. The van der Waals surface area contributed by atoms with Gasteiger partial charge < -0.3 is 9.80 Å². The number of fused-ring (bicyclic) bond motifs is 10. The van der Waals surface area contributed by atoms with Gasteiger partial charge in [-0.05, 0) is 127 Å². The highest BCUT2D eigenvalue weighted by Crippen LogP contribution is 2.57. The number of anilines is 6. The van der Waals surface area contributed by atoms with Gasteiger partial charge in [0.05, 0.1) is 26.5 Å². The molecule has 0 unspecified atom stereocenters. The summed E-state index contributed by atoms with van der Waals surface area (Å²) in [4.78, 5) is 5.00. The van der Waals surface area contributed by atoms with Crippen molar-refractivity contribution in [2.45, 2.75) is 19.3 Å². The van der Waals surface area contributed by atoms with Crippen molar-refractivity contribution in [3.8, 4) is 33.4 Å². The van der Waals surface area contributed by atoms with Gasteiger partial charge in [0, 0.05) is 59.0 Å². The van der Waals surface area contributed by atoms with Crippen molar-refractivity contribution in [1.82, 2.24) is 0 Å². The summed E-state index contributed by atoms with van der Waals surface area (Å²) in [5.74, 6) is 0. The van der Waals surface area contributed by atoms with Gasteiger partial charge in [0.1, 0.15) is 0 Å². The second-order valence-corrected chi connectivity index (χ2v) is 22.4. The third-order valence-electron chi connectivity index (χ3n) is 15.8. The molecule has 2 nitrogen and oxygen atoms in total. The van der Waals surface area contributed by atoms with Crippen molar-refractivity contribution in [3.05, 3.63) is 266 Å². The van der Waals surface area contributed by atoms with Gasteiger partial charge in [-0.15, -0.1) is 22.7 Å². The molecule has 0 saturated carbocycles. The molecule has 0 fully saturated rings. The summed E-state index contributed by atoms with van der Waals surface area (Å²) in [6.07, 6.45) is 0. The van der Waals surface area contributed by atoms with Crippen LogP contribution in [0.3, 0.4) is 0 Å². The average Bonchev–Trinajstić information content (AvgIpc) is 4.15. The Morgan fingerprint density at radius 1 is 0.307 bits per heavy atom. The second kappa shape index (κ2) is 17.1. The van der Waals surface area contributed by atoms with E-state index in [2.05, 4.69) is 278 Å². The second-order valence-electron chi connectivity index (χ2n) is 20.3. The van der Waals surface area contributed by atoms with Crippen molar-refractivity contribution >= 4 is 119 Å². The predicted octanol–water partition coefficient (Wildman–Crippen LogP) is 21.3. The molecular weight excluding hydrogens is 945 g/mol. The Kier molecular flexibility index (Phi) is 10.0. The fourth-order valence-corrected chi connectivity index (χ4v) is 14.8. The Balaban J connectivity index is 0.989. The van der Waals surface area contributed by atoms with Gasteiger partial charge in [-0.2, -0.15) is 0 Å². The van der Waals surface area contributed by atoms with Crippen LogP contribution < -0.4 is 9.80 Å². The minimum atomic E-state index is -0.347. The van der Waals surface area contributed by atoms with Crippen molar-refractivity contribution < 1.29 is 0 Å². The fraction of sp³-hybridized carbons (Fsp3) is 0.0423. The van der Waals surface area contributed by atoms with Crippen LogP contribution in [0.15, 0.2) is 255 Å². The number of rotatable bonds is 8. The molecule has 0 bridgehead atoms. The van der Waals surface area contributed by atoms with E-state index >= 15 is 0 Å². The SMILES string of the molecule is CC1(C)c2cc(N(c3ccccc3)c3cccc4c3sc3ccccc34)ccc2-c2c(-c3ccccc3)c3ccc(N(c4ccccc4-c4ccccc4)c4cccc5c4sc4ccccc45)cc3c3cccc1c23. The highest BCUT2D eigenvalue weighted by atomic mass is 32.1. The van der Waals surface area contributed by atoms with Crippen LogP contribution in [0, 0.1) is 0 Å². The smallest absolute Gasteiger partial charge is 0.0640 e. The standard InChI is InChI=1S/C71H48N2S2/c1-71(2)59-33-18-30-53-58-43-48(73(61-34-15-12-27-50(61)45-21-6-3-7-22-45)63-36-20-32-56-52-29-14-17-38-65(52)75-70(56)63)39-41-54(58)66(46-23-8-4-9-24-46)68(67(53)59)57-42-40-49(44-60(57)71)72(47-25-10-5-11-26-47)62-35-19-31-55-51-28-13-16-37-64(51)74-69(55)62/h3-44H,1-2H3. The van der Waals surface area contributed by atoms with E-state index < -0.39 is 0 Å². The minimum absolute atomic E-state index is 0.347. The summed E-state index contributed by atoms with van der Waals surface area (Å²) in [6.45, 7) is 4.87. The number of thiophene rings is 2. The molecule has 0 amide bonds. The highest BCUT2D eigenvalue weighted by molar-refractivity contribution is 7.26. The lowest BCUT2D eigenvalue weighted by Crippen LogP contribution is -2.24. The van der Waals surface area contributed by atoms with Gasteiger partial charge >= 0.3 is 0 Å². The molecule has 14 aromatic rings. The first kappa shape index (κ1) is 43.8. The maximum atomic E-state index is 2.52. The van der Waals surface area contributed by atoms with Crippen LogP contribution in [0.25, 0.3) is 95.3 Å². The van der Waals surface area contributed by atoms with E-state index in [-0.39, 0.29) is 5.41 Å². The van der Waals surface area contributed by atoms with E-state index in [0.717, 1.165) is 22.7 Å². The monoisotopic (exact) mass is 992 g/mol. The maximum absolute atomic E-state index is 2.52. The van der Waals surface area contributed by atoms with Gasteiger partial charge in [0.2, 0.25) is 0 Å². The molecular formula is C71H48N2S2. The number of hydrogen-bond acceptors (Lipinski definition) is 4. The van der Waals surface area contributed by atoms with Gasteiger partial charge in [0.25, 0.3) is 0 Å². The van der Waals surface area contributed by atoms with Crippen LogP contribution >= 0.6 is 22.7 Å². The van der Waals surface area contributed by atoms with Crippen LogP contribution in [-0.2, 0) is 5.41 Å². The highest BCUT2D eigenvalue weighted by Gasteiger charge is 2.37. The molecule has 0 spiro atoms. The molecule has 12 aromatic carbocycles. The van der Waals surface area contributed by atoms with Gasteiger partial charge in [-0.1, -0.05) is 202 Å².